The van der Waals surface area contributed by atoms with E-state index < -0.39 is 0 Å². The molecule has 0 saturated carbocycles. The molecule has 0 unspecified atom stereocenters. The molecule has 0 radical (unpaired) electrons. The Morgan fingerprint density at radius 1 is 1.21 bits per heavy atom. The normalized spacial score (nSPS) is 10.3. The van der Waals surface area contributed by atoms with E-state index in [1.165, 1.54) is 0 Å². The smallest absolute Gasteiger partial charge is 0.130 e. The van der Waals surface area contributed by atoms with Crippen molar-refractivity contribution in [3.63, 3.8) is 0 Å². The van der Waals surface area contributed by atoms with Gasteiger partial charge in [0, 0.05) is 23.9 Å². The van der Waals surface area contributed by atoms with Crippen molar-refractivity contribution in [1.82, 2.24) is 4.98 Å². The first-order valence-corrected chi connectivity index (χ1v) is 6.15. The van der Waals surface area contributed by atoms with Gasteiger partial charge in [-0.2, -0.15) is 0 Å². The number of aryl methyl sites for hydroxylation is 1. The number of hydrogen-bond acceptors (Lipinski definition) is 4. The number of benzene rings is 1. The molecule has 2 N–H and O–H groups in total. The van der Waals surface area contributed by atoms with Gasteiger partial charge in [-0.15, -0.1) is 0 Å². The van der Waals surface area contributed by atoms with Crippen molar-refractivity contribution in [2.45, 2.75) is 20.1 Å². The van der Waals surface area contributed by atoms with E-state index in [1.807, 2.05) is 43.3 Å². The Bertz CT molecular complexity index is 556. The highest BCUT2D eigenvalue weighted by molar-refractivity contribution is 5.40. The molecule has 0 aliphatic heterocycles. The van der Waals surface area contributed by atoms with Crippen LogP contribution in [0.3, 0.4) is 0 Å². The molecule has 0 aliphatic rings. The summed E-state index contributed by atoms with van der Waals surface area (Å²) in [5.74, 6) is 1.49. The molecule has 19 heavy (non-hydrogen) atoms. The van der Waals surface area contributed by atoms with Crippen molar-refractivity contribution in [2.24, 2.45) is 5.73 Å². The van der Waals surface area contributed by atoms with Gasteiger partial charge in [-0.05, 0) is 25.1 Å². The van der Waals surface area contributed by atoms with Gasteiger partial charge in [-0.3, -0.25) is 4.98 Å². The van der Waals surface area contributed by atoms with E-state index in [9.17, 15) is 0 Å². The van der Waals surface area contributed by atoms with Crippen LogP contribution >= 0.6 is 0 Å². The molecule has 0 atom stereocenters. The van der Waals surface area contributed by atoms with Crippen LogP contribution in [-0.2, 0) is 13.2 Å². The second-order valence-corrected chi connectivity index (χ2v) is 4.24. The van der Waals surface area contributed by atoms with Crippen molar-refractivity contribution >= 4 is 0 Å². The van der Waals surface area contributed by atoms with Crippen LogP contribution in [0, 0.1) is 6.92 Å². The van der Waals surface area contributed by atoms with Gasteiger partial charge in [-0.25, -0.2) is 0 Å². The predicted molar refractivity (Wildman–Crippen MR) is 74.2 cm³/mol. The van der Waals surface area contributed by atoms with E-state index in [0.717, 1.165) is 28.5 Å². The Morgan fingerprint density at radius 2 is 2.05 bits per heavy atom. The van der Waals surface area contributed by atoms with Crippen molar-refractivity contribution in [3.8, 4) is 11.5 Å². The molecule has 1 aromatic heterocycles. The number of ether oxygens (including phenoxy) is 2. The van der Waals surface area contributed by atoms with Gasteiger partial charge < -0.3 is 15.2 Å². The van der Waals surface area contributed by atoms with Gasteiger partial charge in [0.2, 0.25) is 0 Å². The zero-order valence-electron chi connectivity index (χ0n) is 11.2. The highest BCUT2D eigenvalue weighted by Gasteiger charge is 2.05. The summed E-state index contributed by atoms with van der Waals surface area (Å²) in [5.41, 5.74) is 8.52. The molecule has 0 spiro atoms. The summed E-state index contributed by atoms with van der Waals surface area (Å²) in [6, 6.07) is 11.5. The first kappa shape index (κ1) is 13.4. The van der Waals surface area contributed by atoms with Crippen molar-refractivity contribution in [2.75, 3.05) is 7.11 Å². The maximum absolute atomic E-state index is 5.79. The van der Waals surface area contributed by atoms with Crippen molar-refractivity contribution in [3.05, 3.63) is 53.3 Å². The number of rotatable bonds is 5. The second-order valence-electron chi connectivity index (χ2n) is 4.24. The average Bonchev–Trinajstić information content (AvgIpc) is 2.45. The van der Waals surface area contributed by atoms with Crippen LogP contribution in [0.1, 0.15) is 17.0 Å². The van der Waals surface area contributed by atoms with Crippen LogP contribution in [-0.4, -0.2) is 12.1 Å². The topological polar surface area (TPSA) is 57.4 Å². The number of nitrogens with zero attached hydrogens (tertiary/aromatic N) is 1. The molecule has 1 heterocycles. The number of methoxy groups -OCH3 is 1. The van der Waals surface area contributed by atoms with Gasteiger partial charge in [0.05, 0.1) is 12.8 Å². The zero-order valence-corrected chi connectivity index (χ0v) is 11.2. The zero-order chi connectivity index (χ0) is 13.7. The van der Waals surface area contributed by atoms with Gasteiger partial charge in [0.15, 0.2) is 0 Å². The Hall–Kier alpha value is -2.07. The largest absolute Gasteiger partial charge is 0.497 e. The Morgan fingerprint density at radius 3 is 2.74 bits per heavy atom. The third-order valence-corrected chi connectivity index (χ3v) is 2.82. The van der Waals surface area contributed by atoms with Crippen LogP contribution in [0.4, 0.5) is 0 Å². The number of nitrogens with two attached hydrogens (primary N) is 1. The van der Waals surface area contributed by atoms with Crippen LogP contribution in [0.5, 0.6) is 11.5 Å². The number of hydrogen-bond donors (Lipinski definition) is 1. The summed E-state index contributed by atoms with van der Waals surface area (Å²) in [7, 11) is 1.63. The fourth-order valence-corrected chi connectivity index (χ4v) is 1.80. The summed E-state index contributed by atoms with van der Waals surface area (Å²) in [6.07, 6.45) is 0. The maximum Gasteiger partial charge on any atom is 0.130 e. The Labute approximate surface area is 113 Å². The minimum Gasteiger partial charge on any atom is -0.497 e. The minimum absolute atomic E-state index is 0.418. The molecule has 0 saturated heterocycles. The predicted octanol–water partition coefficient (Wildman–Crippen LogP) is 2.44. The van der Waals surface area contributed by atoms with Crippen LogP contribution in [0.25, 0.3) is 0 Å². The summed E-state index contributed by atoms with van der Waals surface area (Å²) < 4.78 is 11.0. The molecule has 1 aromatic carbocycles. The second kappa shape index (κ2) is 6.20. The Kier molecular flexibility index (Phi) is 4.36. The quantitative estimate of drug-likeness (QED) is 0.895. The lowest BCUT2D eigenvalue weighted by molar-refractivity contribution is 0.295. The van der Waals surface area contributed by atoms with Crippen molar-refractivity contribution in [1.29, 1.82) is 0 Å². The lowest BCUT2D eigenvalue weighted by Gasteiger charge is -2.12. The van der Waals surface area contributed by atoms with Gasteiger partial charge in [0.25, 0.3) is 0 Å². The fourth-order valence-electron chi connectivity index (χ4n) is 1.80. The SMILES string of the molecule is COc1ccc(CN)c(OCc2cccc(C)n2)c1. The molecule has 2 rings (SSSR count). The summed E-state index contributed by atoms with van der Waals surface area (Å²) in [6.45, 7) is 2.81. The fraction of sp³-hybridized carbons (Fsp3) is 0.267. The van der Waals surface area contributed by atoms with Crippen LogP contribution in [0.2, 0.25) is 0 Å². The van der Waals surface area contributed by atoms with Gasteiger partial charge in [-0.1, -0.05) is 12.1 Å². The molecular formula is C15H18N2O2. The average molecular weight is 258 g/mol. The first-order chi connectivity index (χ1) is 9.22. The van der Waals surface area contributed by atoms with E-state index in [-0.39, 0.29) is 0 Å². The molecule has 0 aliphatic carbocycles. The molecule has 2 aromatic rings. The number of pyridine rings is 1. The molecule has 4 nitrogen and oxygen atoms in total. The van der Waals surface area contributed by atoms with E-state index in [0.29, 0.717) is 13.2 Å². The molecule has 0 bridgehead atoms. The molecule has 0 amide bonds. The first-order valence-electron chi connectivity index (χ1n) is 6.15. The minimum atomic E-state index is 0.418. The molecular weight excluding hydrogens is 240 g/mol. The summed E-state index contributed by atoms with van der Waals surface area (Å²) >= 11 is 0. The highest BCUT2D eigenvalue weighted by atomic mass is 16.5. The van der Waals surface area contributed by atoms with E-state index in [4.69, 9.17) is 15.2 Å². The third kappa shape index (κ3) is 3.45. The summed E-state index contributed by atoms with van der Waals surface area (Å²) in [4.78, 5) is 4.40. The van der Waals surface area contributed by atoms with Crippen LogP contribution in [0.15, 0.2) is 36.4 Å². The summed E-state index contributed by atoms with van der Waals surface area (Å²) in [5, 5.41) is 0. The number of aromatic nitrogens is 1. The van der Waals surface area contributed by atoms with E-state index >= 15 is 0 Å². The van der Waals surface area contributed by atoms with Gasteiger partial charge >= 0.3 is 0 Å². The lowest BCUT2D eigenvalue weighted by atomic mass is 10.2. The van der Waals surface area contributed by atoms with Gasteiger partial charge in [0.1, 0.15) is 18.1 Å². The Balaban J connectivity index is 2.14. The monoisotopic (exact) mass is 258 g/mol. The molecule has 4 heteroatoms. The van der Waals surface area contributed by atoms with E-state index in [1.54, 1.807) is 7.11 Å². The maximum atomic E-state index is 5.79. The standard InChI is InChI=1S/C15H18N2O2/c1-11-4-3-5-13(17-11)10-19-15-8-14(18-2)7-6-12(15)9-16/h3-8H,9-10,16H2,1-2H3. The third-order valence-electron chi connectivity index (χ3n) is 2.82. The highest BCUT2D eigenvalue weighted by Crippen LogP contribution is 2.25. The lowest BCUT2D eigenvalue weighted by Crippen LogP contribution is -2.04. The molecule has 100 valence electrons. The molecule has 0 fully saturated rings. The van der Waals surface area contributed by atoms with Crippen LogP contribution < -0.4 is 15.2 Å². The van der Waals surface area contributed by atoms with E-state index in [2.05, 4.69) is 4.98 Å². The van der Waals surface area contributed by atoms with Crippen molar-refractivity contribution < 1.29 is 9.47 Å².